The molecule has 2 rings (SSSR count). The lowest BCUT2D eigenvalue weighted by atomic mass is 10.1. The van der Waals surface area contributed by atoms with Gasteiger partial charge in [0.2, 0.25) is 0 Å². The van der Waals surface area contributed by atoms with Crippen molar-refractivity contribution in [2.75, 3.05) is 0 Å². The van der Waals surface area contributed by atoms with Crippen molar-refractivity contribution < 1.29 is 17.9 Å². The van der Waals surface area contributed by atoms with Gasteiger partial charge < -0.3 is 4.74 Å². The van der Waals surface area contributed by atoms with Crippen molar-refractivity contribution >= 4 is 0 Å². The van der Waals surface area contributed by atoms with Gasteiger partial charge in [0, 0.05) is 0 Å². The average molecular weight is 321 g/mol. The molecule has 123 valence electrons. The molecule has 2 aromatic carbocycles. The first-order chi connectivity index (χ1) is 11.0. The topological polar surface area (TPSA) is 9.23 Å². The van der Waals surface area contributed by atoms with Crippen LogP contribution in [0.5, 0.6) is 11.5 Å². The number of rotatable bonds is 7. The number of hydrogen-bond acceptors (Lipinski definition) is 1. The predicted octanol–water partition coefficient (Wildman–Crippen LogP) is 6.43. The second-order valence-electron chi connectivity index (χ2n) is 5.43. The fraction of sp³-hybridized carbons (Fsp3) is 0.316. The first-order valence-corrected chi connectivity index (χ1v) is 7.72. The van der Waals surface area contributed by atoms with Crippen LogP contribution < -0.4 is 4.74 Å². The average Bonchev–Trinajstić information content (AvgIpc) is 2.53. The molecule has 1 radical (unpaired) electrons. The summed E-state index contributed by atoms with van der Waals surface area (Å²) in [5, 5.41) is 0. The highest BCUT2D eigenvalue weighted by molar-refractivity contribution is 5.35. The number of unbranched alkanes of at least 4 members (excludes halogenated alkanes) is 3. The van der Waals surface area contributed by atoms with Gasteiger partial charge >= 0.3 is 6.18 Å². The summed E-state index contributed by atoms with van der Waals surface area (Å²) in [4.78, 5) is 0. The molecule has 0 saturated carbocycles. The maximum atomic E-state index is 12.5. The monoisotopic (exact) mass is 321 g/mol. The van der Waals surface area contributed by atoms with E-state index < -0.39 is 11.7 Å². The van der Waals surface area contributed by atoms with E-state index in [2.05, 4.69) is 6.92 Å². The zero-order valence-electron chi connectivity index (χ0n) is 12.9. The minimum Gasteiger partial charge on any atom is -0.457 e. The summed E-state index contributed by atoms with van der Waals surface area (Å²) < 4.78 is 43.1. The van der Waals surface area contributed by atoms with E-state index in [0.29, 0.717) is 11.5 Å². The summed E-state index contributed by atoms with van der Waals surface area (Å²) in [7, 11) is 0. The summed E-state index contributed by atoms with van der Waals surface area (Å²) in [6.45, 7) is 3.82. The van der Waals surface area contributed by atoms with Crippen molar-refractivity contribution in [2.45, 2.75) is 38.3 Å². The fourth-order valence-corrected chi connectivity index (χ4v) is 2.25. The molecule has 4 heteroatoms. The lowest BCUT2D eigenvalue weighted by Crippen LogP contribution is -2.03. The first kappa shape index (κ1) is 17.4. The van der Waals surface area contributed by atoms with Gasteiger partial charge in [-0.3, -0.25) is 0 Å². The van der Waals surface area contributed by atoms with Crippen molar-refractivity contribution in [2.24, 2.45) is 0 Å². The molecule has 0 N–H and O–H groups in total. The number of benzene rings is 2. The third-order valence-corrected chi connectivity index (χ3v) is 3.56. The third kappa shape index (κ3) is 5.62. The molecule has 0 saturated heterocycles. The van der Waals surface area contributed by atoms with Crippen LogP contribution in [0.3, 0.4) is 0 Å². The predicted molar refractivity (Wildman–Crippen MR) is 85.5 cm³/mol. The number of hydrogen-bond donors (Lipinski definition) is 0. The van der Waals surface area contributed by atoms with Crippen LogP contribution in [0, 0.1) is 6.92 Å². The van der Waals surface area contributed by atoms with E-state index in [-0.39, 0.29) is 0 Å². The van der Waals surface area contributed by atoms with E-state index in [1.54, 1.807) is 0 Å². The number of halogens is 3. The van der Waals surface area contributed by atoms with Gasteiger partial charge in [-0.25, -0.2) is 0 Å². The number of aryl methyl sites for hydroxylation is 1. The normalized spacial score (nSPS) is 11.5. The molecule has 0 aliphatic carbocycles. The van der Waals surface area contributed by atoms with Gasteiger partial charge in [-0.1, -0.05) is 38.3 Å². The largest absolute Gasteiger partial charge is 0.457 e. The standard InChI is InChI=1S/C19H20F3O/c1-2-3-4-5-6-15-7-11-17(12-8-15)23-18-13-9-16(10-14-18)19(20,21)22/h7-14H,1-6H2. The lowest BCUT2D eigenvalue weighted by Gasteiger charge is -2.09. The highest BCUT2D eigenvalue weighted by Gasteiger charge is 2.30. The Morgan fingerprint density at radius 3 is 1.87 bits per heavy atom. The van der Waals surface area contributed by atoms with Crippen LogP contribution in [0.25, 0.3) is 0 Å². The summed E-state index contributed by atoms with van der Waals surface area (Å²) >= 11 is 0. The van der Waals surface area contributed by atoms with Crippen molar-refractivity contribution in [1.29, 1.82) is 0 Å². The van der Waals surface area contributed by atoms with Crippen LogP contribution in [0.15, 0.2) is 48.5 Å². The maximum Gasteiger partial charge on any atom is 0.416 e. The van der Waals surface area contributed by atoms with E-state index in [1.807, 2.05) is 24.3 Å². The molecular weight excluding hydrogens is 301 g/mol. The van der Waals surface area contributed by atoms with Crippen molar-refractivity contribution in [3.8, 4) is 11.5 Å². The summed E-state index contributed by atoms with van der Waals surface area (Å²) in [6, 6.07) is 12.4. The van der Waals surface area contributed by atoms with Gasteiger partial charge in [-0.15, -0.1) is 0 Å². The highest BCUT2D eigenvalue weighted by atomic mass is 19.4. The minimum absolute atomic E-state index is 0.390. The Labute approximate surface area is 135 Å². The van der Waals surface area contributed by atoms with Crippen molar-refractivity contribution in [3.63, 3.8) is 0 Å². The Morgan fingerprint density at radius 2 is 1.35 bits per heavy atom. The van der Waals surface area contributed by atoms with E-state index in [4.69, 9.17) is 4.74 Å². The van der Waals surface area contributed by atoms with Crippen LogP contribution in [-0.4, -0.2) is 0 Å². The maximum absolute atomic E-state index is 12.5. The summed E-state index contributed by atoms with van der Waals surface area (Å²) in [5.74, 6) is 1.01. The molecule has 0 fully saturated rings. The highest BCUT2D eigenvalue weighted by Crippen LogP contribution is 2.31. The molecular formula is C19H20F3O. The molecule has 1 nitrogen and oxygen atoms in total. The van der Waals surface area contributed by atoms with Crippen LogP contribution in [0.4, 0.5) is 13.2 Å². The third-order valence-electron chi connectivity index (χ3n) is 3.56. The molecule has 0 atom stereocenters. The van der Waals surface area contributed by atoms with Crippen LogP contribution >= 0.6 is 0 Å². The van der Waals surface area contributed by atoms with E-state index >= 15 is 0 Å². The molecule has 0 unspecified atom stereocenters. The quantitative estimate of drug-likeness (QED) is 0.534. The Kier molecular flexibility index (Phi) is 6.08. The van der Waals surface area contributed by atoms with Crippen LogP contribution in [0.2, 0.25) is 0 Å². The van der Waals surface area contributed by atoms with Gasteiger partial charge in [0.15, 0.2) is 0 Å². The molecule has 23 heavy (non-hydrogen) atoms. The molecule has 2 aromatic rings. The second kappa shape index (κ2) is 8.04. The zero-order valence-corrected chi connectivity index (χ0v) is 12.9. The van der Waals surface area contributed by atoms with Crippen molar-refractivity contribution in [1.82, 2.24) is 0 Å². The first-order valence-electron chi connectivity index (χ1n) is 7.72. The fourth-order valence-electron chi connectivity index (χ4n) is 2.25. The molecule has 0 aliphatic heterocycles. The summed E-state index contributed by atoms with van der Waals surface area (Å²) in [5.41, 5.74) is 0.552. The molecule has 0 spiro atoms. The second-order valence-corrected chi connectivity index (χ2v) is 5.43. The number of alkyl halides is 3. The number of ether oxygens (including phenoxy) is 1. The minimum atomic E-state index is -4.33. The molecule has 0 aromatic heterocycles. The van der Waals surface area contributed by atoms with Gasteiger partial charge in [-0.05, 0) is 54.8 Å². The smallest absolute Gasteiger partial charge is 0.416 e. The molecule has 0 aliphatic rings. The van der Waals surface area contributed by atoms with Crippen LogP contribution in [-0.2, 0) is 12.6 Å². The Balaban J connectivity index is 1.90. The molecule has 0 heterocycles. The molecule has 0 amide bonds. The van der Waals surface area contributed by atoms with Crippen LogP contribution in [0.1, 0.15) is 36.8 Å². The van der Waals surface area contributed by atoms with Gasteiger partial charge in [-0.2, -0.15) is 13.2 Å². The molecule has 0 bridgehead atoms. The Hall–Kier alpha value is -1.97. The Morgan fingerprint density at radius 1 is 0.783 bits per heavy atom. The summed E-state index contributed by atoms with van der Waals surface area (Å²) in [6.07, 6.45) is 1.12. The van der Waals surface area contributed by atoms with E-state index in [0.717, 1.165) is 37.8 Å². The van der Waals surface area contributed by atoms with E-state index in [1.165, 1.54) is 24.1 Å². The van der Waals surface area contributed by atoms with Crippen molar-refractivity contribution in [3.05, 3.63) is 66.6 Å². The van der Waals surface area contributed by atoms with Gasteiger partial charge in [0.1, 0.15) is 11.5 Å². The zero-order chi connectivity index (χ0) is 16.7. The Bertz CT molecular complexity index is 586. The SMILES string of the molecule is [CH2]CCCCCc1ccc(Oc2ccc(C(F)(F)F)cc2)cc1. The van der Waals surface area contributed by atoms with Gasteiger partial charge in [0.25, 0.3) is 0 Å². The lowest BCUT2D eigenvalue weighted by molar-refractivity contribution is -0.137. The van der Waals surface area contributed by atoms with E-state index in [9.17, 15) is 13.2 Å². The van der Waals surface area contributed by atoms with Gasteiger partial charge in [0.05, 0.1) is 5.56 Å².